The van der Waals surface area contributed by atoms with Gasteiger partial charge in [0.15, 0.2) is 0 Å². The van der Waals surface area contributed by atoms with Gasteiger partial charge in [0.05, 0.1) is 49.2 Å². The van der Waals surface area contributed by atoms with Crippen molar-refractivity contribution in [2.45, 2.75) is 313 Å². The van der Waals surface area contributed by atoms with Crippen molar-refractivity contribution in [1.29, 1.82) is 0 Å². The number of nitrogens with one attached hydrogen (secondary N) is 6. The molecule has 0 unspecified atom stereocenters. The fraction of sp³-hybridized carbons (Fsp3) is 0.438. The van der Waals surface area contributed by atoms with E-state index in [9.17, 15) is 0 Å². The second-order valence-corrected chi connectivity index (χ2v) is 42.5. The number of carbonyl (C=O) groups excluding carboxylic acids is 4. The molecule has 6 N–H and O–H groups in total. The topological polar surface area (TPSA) is 211 Å². The molecule has 144 heavy (non-hydrogen) atoms. The van der Waals surface area contributed by atoms with Gasteiger partial charge in [0.25, 0.3) is 0 Å². The Kier molecular flexibility index (Phi) is 43.8. The minimum absolute atomic E-state index is 0.0737. The van der Waals surface area contributed by atoms with Gasteiger partial charge < -0.3 is 50.2 Å². The third-order valence-corrected chi connectivity index (χ3v) is 28.8. The monoisotopic (exact) mass is 1940 g/mol. The average Bonchev–Trinajstić information content (AvgIpc) is 1.60. The number of aromatic nitrogens is 4. The zero-order valence-electron chi connectivity index (χ0n) is 87.7. The van der Waals surface area contributed by atoms with Gasteiger partial charge in [0, 0.05) is 137 Å². The molecule has 4 amide bonds. The zero-order valence-corrected chi connectivity index (χ0v) is 87.7. The van der Waals surface area contributed by atoms with Gasteiger partial charge in [-0.15, -0.1) is 0 Å². The molecule has 16 nitrogen and oxygen atoms in total. The van der Waals surface area contributed by atoms with Crippen LogP contribution in [0.25, 0.3) is 90.9 Å². The maximum atomic E-state index is 15.2. The molecule has 11 aromatic rings. The summed E-state index contributed by atoms with van der Waals surface area (Å²) in [6.45, 7) is 22.2. The summed E-state index contributed by atoms with van der Waals surface area (Å²) in [5, 5.41) is 14.0. The molecule has 5 heterocycles. The van der Waals surface area contributed by atoms with E-state index in [-0.39, 0.29) is 23.6 Å². The highest BCUT2D eigenvalue weighted by Gasteiger charge is 2.34. The standard InChI is InChI=1S/C128H162N8O8/c1-125(2,85-53-25-17-9-13-21-29-57-89-141-93-97-61-37-33-38-62-97)121(137)133-105-73-49-45-69-101(105)117-109-77-79-111(129-109)118(102-70-46-50-74-106(102)134-122(138)126(3,4)86-54-26-18-10-14-22-30-58-90-142-94-98-63-39-34-40-64-98)113-81-83-115(131-113)120(104-72-48-52-76-108(104)136-124(140)128(7,8)88-56-28-20-12-16-24-32-60-92-144-96-100-67-43-36-44-68-100)116-84-82-114(132-116)119(112-80-78-110(117)130-112)103-71-47-51-75-107(103)135-123(139)127(5,6)87-55-27-19-11-15-23-31-59-91-143-95-99-65-41-35-42-66-99/h33-52,61-84,129,132H,9-32,53-60,85-96H2,1-8H3,(H,133,137)(H,134,138)(H,135,139)(H,136,140). The number of rotatable bonds is 64. The summed E-state index contributed by atoms with van der Waals surface area (Å²) in [5.74, 6) is -0.295. The number of fused-ring (bicyclic) bond motifs is 8. The number of para-hydroxylation sites is 4. The largest absolute Gasteiger partial charge is 0.377 e. The maximum Gasteiger partial charge on any atom is 0.230 e. The molecule has 0 fully saturated rings. The van der Waals surface area contributed by atoms with Crippen LogP contribution < -0.4 is 21.3 Å². The molecule has 3 aromatic heterocycles. The molecule has 13 rings (SSSR count). The van der Waals surface area contributed by atoms with Gasteiger partial charge in [-0.2, -0.15) is 0 Å². The lowest BCUT2D eigenvalue weighted by Gasteiger charge is -2.25. The first-order valence-corrected chi connectivity index (χ1v) is 54.4. The van der Waals surface area contributed by atoms with Crippen molar-refractivity contribution in [3.63, 3.8) is 0 Å². The highest BCUT2D eigenvalue weighted by molar-refractivity contribution is 6.09. The minimum atomic E-state index is -0.710. The number of hydrogen-bond donors (Lipinski definition) is 6. The van der Waals surface area contributed by atoms with Gasteiger partial charge in [-0.1, -0.05) is 429 Å². The van der Waals surface area contributed by atoms with E-state index in [1.165, 1.54) is 73.6 Å². The Hall–Kier alpha value is -11.9. The smallest absolute Gasteiger partial charge is 0.230 e. The number of amides is 4. The molecule has 0 radical (unpaired) electrons. The Morgan fingerprint density at radius 1 is 0.222 bits per heavy atom. The van der Waals surface area contributed by atoms with Crippen molar-refractivity contribution < 1.29 is 38.1 Å². The molecule has 8 aromatic carbocycles. The Balaban J connectivity index is 0.819. The molecule has 8 bridgehead atoms. The van der Waals surface area contributed by atoms with Crippen molar-refractivity contribution in [2.24, 2.45) is 21.7 Å². The van der Waals surface area contributed by atoms with Crippen LogP contribution in [0.4, 0.5) is 22.7 Å². The van der Waals surface area contributed by atoms with Crippen LogP contribution in [-0.4, -0.2) is 70.0 Å². The lowest BCUT2D eigenvalue weighted by atomic mass is 9.85. The van der Waals surface area contributed by atoms with Crippen LogP contribution >= 0.6 is 0 Å². The molecular weight excluding hydrogens is 1780 g/mol. The quantitative estimate of drug-likeness (QED) is 0.0199. The van der Waals surface area contributed by atoms with Gasteiger partial charge >= 0.3 is 0 Å². The third-order valence-electron chi connectivity index (χ3n) is 28.8. The van der Waals surface area contributed by atoms with E-state index in [0.717, 1.165) is 251 Å². The summed E-state index contributed by atoms with van der Waals surface area (Å²) in [6, 6.07) is 82.0. The number of aromatic amines is 2. The van der Waals surface area contributed by atoms with E-state index in [0.29, 0.717) is 94.0 Å². The Bertz CT molecular complexity index is 5330. The van der Waals surface area contributed by atoms with E-state index in [2.05, 4.69) is 257 Å². The first-order valence-electron chi connectivity index (χ1n) is 54.4. The second-order valence-electron chi connectivity index (χ2n) is 42.5. The van der Waals surface area contributed by atoms with Crippen LogP contribution in [0.3, 0.4) is 0 Å². The number of carbonyl (C=O) groups is 4. The van der Waals surface area contributed by atoms with Crippen molar-refractivity contribution in [1.82, 2.24) is 19.9 Å². The number of unbranched alkanes of at least 4 members (excludes halogenated alkanes) is 28. The van der Waals surface area contributed by atoms with E-state index in [1.54, 1.807) is 0 Å². The van der Waals surface area contributed by atoms with Crippen molar-refractivity contribution >= 4 is 92.7 Å². The van der Waals surface area contributed by atoms with Crippen molar-refractivity contribution in [2.75, 3.05) is 47.7 Å². The Morgan fingerprint density at radius 2 is 0.396 bits per heavy atom. The summed E-state index contributed by atoms with van der Waals surface area (Å²) in [4.78, 5) is 80.6. The van der Waals surface area contributed by atoms with E-state index >= 15 is 19.2 Å². The molecule has 0 aliphatic carbocycles. The number of anilines is 4. The number of ether oxygens (including phenoxy) is 4. The molecule has 762 valence electrons. The predicted molar refractivity (Wildman–Crippen MR) is 601 cm³/mol. The first kappa shape index (κ1) is 109. The summed E-state index contributed by atoms with van der Waals surface area (Å²) < 4.78 is 23.9. The van der Waals surface area contributed by atoms with Crippen LogP contribution in [0.2, 0.25) is 0 Å². The first-order chi connectivity index (χ1) is 70.2. The average molecular weight is 1940 g/mol. The molecule has 0 spiro atoms. The summed E-state index contributed by atoms with van der Waals surface area (Å²) in [5.41, 5.74) is 15.8. The van der Waals surface area contributed by atoms with Crippen LogP contribution in [-0.2, 0) is 64.6 Å². The highest BCUT2D eigenvalue weighted by atomic mass is 16.5. The SMILES string of the molecule is CC(C)(CCCCCCCCCCOCc1ccccc1)C(=O)Nc1ccccc1-c1c2nc(c(-c3ccccc3NC(=O)C(C)(C)CCCCCCCCCCOCc3ccccc3)c3ccc([nH]3)c(-c3ccccc3NC(=O)C(C)(C)CCCCCCCCCCOCc3ccccc3)c3nc(c(-c4ccccc4NC(=O)C(C)(C)CCCCCCCCCCOCc4ccccc4)c4ccc1[nH]4)C=C3)C=C2. The summed E-state index contributed by atoms with van der Waals surface area (Å²) in [7, 11) is 0. The third kappa shape index (κ3) is 34.1. The molecular formula is C128H162N8O8. The predicted octanol–water partition coefficient (Wildman–Crippen LogP) is 34.1. The summed E-state index contributed by atoms with van der Waals surface area (Å²) >= 11 is 0. The normalized spacial score (nSPS) is 12.2. The molecule has 2 aliphatic heterocycles. The van der Waals surface area contributed by atoms with Crippen LogP contribution in [0.5, 0.6) is 0 Å². The van der Waals surface area contributed by atoms with Crippen LogP contribution in [0.15, 0.2) is 243 Å². The lowest BCUT2D eigenvalue weighted by Crippen LogP contribution is -2.31. The number of benzene rings is 8. The molecule has 2 aliphatic rings. The number of hydrogen-bond acceptors (Lipinski definition) is 10. The highest BCUT2D eigenvalue weighted by Crippen LogP contribution is 2.46. The zero-order chi connectivity index (χ0) is 101. The van der Waals surface area contributed by atoms with Gasteiger partial charge in [-0.25, -0.2) is 9.97 Å². The molecule has 0 atom stereocenters. The van der Waals surface area contributed by atoms with Gasteiger partial charge in [-0.05, 0) is 146 Å². The van der Waals surface area contributed by atoms with Gasteiger partial charge in [-0.3, -0.25) is 19.2 Å². The van der Waals surface area contributed by atoms with E-state index < -0.39 is 21.7 Å². The molecule has 0 saturated heterocycles. The fourth-order valence-electron chi connectivity index (χ4n) is 19.6. The molecule has 16 heteroatoms. The number of H-pyrrole nitrogens is 2. The lowest BCUT2D eigenvalue weighted by molar-refractivity contribution is -0.125. The van der Waals surface area contributed by atoms with E-state index in [1.807, 2.05) is 97.1 Å². The fourth-order valence-corrected chi connectivity index (χ4v) is 19.6. The Labute approximate surface area is 859 Å². The number of nitrogens with zero attached hydrogens (tertiary/aromatic N) is 2. The minimum Gasteiger partial charge on any atom is -0.377 e. The van der Waals surface area contributed by atoms with Crippen molar-refractivity contribution in [3.05, 3.63) is 288 Å². The van der Waals surface area contributed by atoms with Crippen molar-refractivity contribution in [3.8, 4) is 44.5 Å². The Morgan fingerprint density at radius 3 is 0.597 bits per heavy atom. The van der Waals surface area contributed by atoms with Gasteiger partial charge in [0.1, 0.15) is 0 Å². The molecule has 0 saturated carbocycles. The van der Waals surface area contributed by atoms with E-state index in [4.69, 9.17) is 28.9 Å². The second kappa shape index (κ2) is 57.7. The maximum absolute atomic E-state index is 15.2. The summed E-state index contributed by atoms with van der Waals surface area (Å²) in [6.07, 6.45) is 46.5. The van der Waals surface area contributed by atoms with Crippen LogP contribution in [0, 0.1) is 21.7 Å². The van der Waals surface area contributed by atoms with Crippen LogP contribution in [0.1, 0.15) is 332 Å². The van der Waals surface area contributed by atoms with Gasteiger partial charge in [0.2, 0.25) is 23.6 Å².